The van der Waals surface area contributed by atoms with E-state index >= 15 is 0 Å². The van der Waals surface area contributed by atoms with Gasteiger partial charge in [0.15, 0.2) is 0 Å². The molecular formula is C17H31N5O6S. The summed E-state index contributed by atoms with van der Waals surface area (Å²) in [6.07, 6.45) is 2.37. The number of amides is 3. The van der Waals surface area contributed by atoms with Crippen LogP contribution in [-0.2, 0) is 19.2 Å². The lowest BCUT2D eigenvalue weighted by Crippen LogP contribution is -2.58. The second-order valence-corrected chi connectivity index (χ2v) is 7.27. The molecule has 166 valence electrons. The Bertz CT molecular complexity index is 593. The van der Waals surface area contributed by atoms with Gasteiger partial charge < -0.3 is 37.2 Å². The maximum absolute atomic E-state index is 12.7. The smallest absolute Gasteiger partial charge is 0.326 e. The third-order valence-electron chi connectivity index (χ3n) is 4.73. The first kappa shape index (κ1) is 25.1. The summed E-state index contributed by atoms with van der Waals surface area (Å²) in [7, 11) is 0. The predicted molar refractivity (Wildman–Crippen MR) is 108 cm³/mol. The van der Waals surface area contributed by atoms with Crippen LogP contribution in [0.4, 0.5) is 0 Å². The first-order valence-electron chi connectivity index (χ1n) is 9.58. The Kier molecular flexibility index (Phi) is 10.9. The molecule has 1 aliphatic rings. The van der Waals surface area contributed by atoms with Crippen LogP contribution in [0.15, 0.2) is 0 Å². The molecule has 0 bridgehead atoms. The summed E-state index contributed by atoms with van der Waals surface area (Å²) in [5.74, 6) is -2.96. The average Bonchev–Trinajstić information content (AvgIpc) is 3.20. The second-order valence-electron chi connectivity index (χ2n) is 6.91. The summed E-state index contributed by atoms with van der Waals surface area (Å²) in [5, 5.41) is 23.3. The van der Waals surface area contributed by atoms with Crippen LogP contribution in [0.3, 0.4) is 0 Å². The van der Waals surface area contributed by atoms with Gasteiger partial charge in [0.2, 0.25) is 17.7 Å². The molecule has 4 atom stereocenters. The number of carboxylic acid groups (broad SMARTS) is 1. The quantitative estimate of drug-likeness (QED) is 0.129. The summed E-state index contributed by atoms with van der Waals surface area (Å²) in [6, 6.07) is -4.12. The van der Waals surface area contributed by atoms with Gasteiger partial charge in [0.05, 0.1) is 6.61 Å². The molecule has 0 aromatic heterocycles. The molecule has 1 fully saturated rings. The van der Waals surface area contributed by atoms with E-state index in [1.54, 1.807) is 0 Å². The molecule has 12 heteroatoms. The van der Waals surface area contributed by atoms with E-state index in [1.807, 2.05) is 0 Å². The third kappa shape index (κ3) is 7.46. The third-order valence-corrected chi connectivity index (χ3v) is 5.10. The van der Waals surface area contributed by atoms with Crippen LogP contribution in [0.1, 0.15) is 32.1 Å². The van der Waals surface area contributed by atoms with Gasteiger partial charge in [-0.3, -0.25) is 14.4 Å². The topological polar surface area (TPSA) is 188 Å². The van der Waals surface area contributed by atoms with Gasteiger partial charge in [-0.15, -0.1) is 0 Å². The highest BCUT2D eigenvalue weighted by molar-refractivity contribution is 7.80. The zero-order valence-corrected chi connectivity index (χ0v) is 17.1. The number of thiol groups is 1. The van der Waals surface area contributed by atoms with Crippen LogP contribution < -0.4 is 22.1 Å². The Balaban J connectivity index is 2.83. The maximum Gasteiger partial charge on any atom is 0.326 e. The van der Waals surface area contributed by atoms with E-state index in [2.05, 4.69) is 23.3 Å². The summed E-state index contributed by atoms with van der Waals surface area (Å²) >= 11 is 4.11. The number of carbonyl (C=O) groups excluding carboxylic acids is 3. The number of nitrogens with one attached hydrogen (secondary N) is 2. The van der Waals surface area contributed by atoms with Crippen LogP contribution in [0.2, 0.25) is 0 Å². The summed E-state index contributed by atoms with van der Waals surface area (Å²) in [6.45, 7) is 0.131. The lowest BCUT2D eigenvalue weighted by atomic mass is 10.1. The molecule has 0 aliphatic carbocycles. The first-order chi connectivity index (χ1) is 13.8. The standard InChI is InChI=1S/C17H31N5O6S/c18-6-2-1-4-11(20-14(24)10(19)8-23)15(25)21-12(9-29)16(26)22-7-3-5-13(22)17(27)28/h10-13,23,29H,1-9,18-19H2,(H,20,24)(H,21,25)(H,27,28). The fourth-order valence-electron chi connectivity index (χ4n) is 3.07. The molecule has 8 N–H and O–H groups in total. The Labute approximate surface area is 175 Å². The van der Waals surface area contributed by atoms with Gasteiger partial charge >= 0.3 is 5.97 Å². The number of aliphatic carboxylic acids is 1. The molecule has 0 radical (unpaired) electrons. The fourth-order valence-corrected chi connectivity index (χ4v) is 3.32. The van der Waals surface area contributed by atoms with Crippen LogP contribution in [0.5, 0.6) is 0 Å². The normalized spacial score (nSPS) is 19.3. The molecule has 4 unspecified atom stereocenters. The molecule has 0 spiro atoms. The van der Waals surface area contributed by atoms with Crippen molar-refractivity contribution in [3.63, 3.8) is 0 Å². The van der Waals surface area contributed by atoms with E-state index in [9.17, 15) is 24.3 Å². The van der Waals surface area contributed by atoms with Crippen LogP contribution in [0.25, 0.3) is 0 Å². The molecule has 0 aromatic carbocycles. The fraction of sp³-hybridized carbons (Fsp3) is 0.765. The Morgan fingerprint density at radius 1 is 1.14 bits per heavy atom. The van der Waals surface area contributed by atoms with Crippen LogP contribution in [-0.4, -0.2) is 88.4 Å². The van der Waals surface area contributed by atoms with Crippen molar-refractivity contribution in [2.24, 2.45) is 11.5 Å². The average molecular weight is 434 g/mol. The van der Waals surface area contributed by atoms with Gasteiger partial charge in [-0.05, 0) is 38.6 Å². The molecule has 0 aromatic rings. The number of likely N-dealkylation sites (tertiary alicyclic amines) is 1. The van der Waals surface area contributed by atoms with Crippen molar-refractivity contribution in [1.82, 2.24) is 15.5 Å². The zero-order chi connectivity index (χ0) is 22.0. The van der Waals surface area contributed by atoms with Crippen molar-refractivity contribution in [3.8, 4) is 0 Å². The first-order valence-corrected chi connectivity index (χ1v) is 10.2. The Hall–Kier alpha value is -1.89. The maximum atomic E-state index is 12.7. The summed E-state index contributed by atoms with van der Waals surface area (Å²) < 4.78 is 0. The van der Waals surface area contributed by atoms with E-state index in [-0.39, 0.29) is 18.7 Å². The van der Waals surface area contributed by atoms with Crippen molar-refractivity contribution in [1.29, 1.82) is 0 Å². The lowest BCUT2D eigenvalue weighted by molar-refractivity contribution is -0.149. The number of nitrogens with zero attached hydrogens (tertiary/aromatic N) is 1. The van der Waals surface area contributed by atoms with Crippen LogP contribution >= 0.6 is 12.6 Å². The summed E-state index contributed by atoms with van der Waals surface area (Å²) in [5.41, 5.74) is 10.9. The van der Waals surface area contributed by atoms with E-state index in [0.717, 1.165) is 0 Å². The van der Waals surface area contributed by atoms with Crippen molar-refractivity contribution in [2.75, 3.05) is 25.4 Å². The zero-order valence-electron chi connectivity index (χ0n) is 16.2. The highest BCUT2D eigenvalue weighted by Crippen LogP contribution is 2.19. The Morgan fingerprint density at radius 3 is 2.34 bits per heavy atom. The molecule has 1 heterocycles. The lowest BCUT2D eigenvalue weighted by Gasteiger charge is -2.28. The molecule has 1 aliphatic heterocycles. The molecule has 1 saturated heterocycles. The molecule has 3 amide bonds. The monoisotopic (exact) mass is 433 g/mol. The minimum atomic E-state index is -1.18. The van der Waals surface area contributed by atoms with E-state index in [1.165, 1.54) is 4.90 Å². The highest BCUT2D eigenvalue weighted by atomic mass is 32.1. The molecule has 1 rings (SSSR count). The molecule has 29 heavy (non-hydrogen) atoms. The van der Waals surface area contributed by atoms with Crippen LogP contribution in [0, 0.1) is 0 Å². The van der Waals surface area contributed by atoms with Gasteiger partial charge in [0, 0.05) is 12.3 Å². The molecule has 0 saturated carbocycles. The Morgan fingerprint density at radius 2 is 1.79 bits per heavy atom. The number of carboxylic acids is 1. The summed E-state index contributed by atoms with van der Waals surface area (Å²) in [4.78, 5) is 50.0. The second kappa shape index (κ2) is 12.6. The largest absolute Gasteiger partial charge is 0.480 e. The van der Waals surface area contributed by atoms with Gasteiger partial charge in [0.1, 0.15) is 24.2 Å². The number of unbranched alkanes of at least 4 members (excludes halogenated alkanes) is 1. The number of rotatable bonds is 12. The van der Waals surface area contributed by atoms with Gasteiger partial charge in [-0.25, -0.2) is 4.79 Å². The number of hydrogen-bond acceptors (Lipinski definition) is 8. The SMILES string of the molecule is NCCCCC(NC(=O)C(N)CO)C(=O)NC(CS)C(=O)N1CCCC1C(=O)O. The number of hydrogen-bond donors (Lipinski definition) is 7. The minimum Gasteiger partial charge on any atom is -0.480 e. The molecule has 11 nitrogen and oxygen atoms in total. The van der Waals surface area contributed by atoms with E-state index in [4.69, 9.17) is 16.6 Å². The van der Waals surface area contributed by atoms with Crippen molar-refractivity contribution < 1.29 is 29.4 Å². The van der Waals surface area contributed by atoms with Gasteiger partial charge in [-0.2, -0.15) is 12.6 Å². The van der Waals surface area contributed by atoms with E-state index in [0.29, 0.717) is 32.2 Å². The minimum absolute atomic E-state index is 0.0347. The number of carbonyl (C=O) groups is 4. The molecular weight excluding hydrogens is 402 g/mol. The van der Waals surface area contributed by atoms with Crippen molar-refractivity contribution in [2.45, 2.75) is 56.3 Å². The van der Waals surface area contributed by atoms with Gasteiger partial charge in [0.25, 0.3) is 0 Å². The highest BCUT2D eigenvalue weighted by Gasteiger charge is 2.37. The van der Waals surface area contributed by atoms with Crippen molar-refractivity contribution in [3.05, 3.63) is 0 Å². The van der Waals surface area contributed by atoms with Crippen molar-refractivity contribution >= 4 is 36.3 Å². The predicted octanol–water partition coefficient (Wildman–Crippen LogP) is -2.59. The number of aliphatic hydroxyl groups excluding tert-OH is 1. The number of nitrogens with two attached hydrogens (primary N) is 2. The van der Waals surface area contributed by atoms with E-state index < -0.39 is 54.5 Å². The van der Waals surface area contributed by atoms with Gasteiger partial charge in [-0.1, -0.05) is 0 Å². The number of aliphatic hydroxyl groups is 1.